The average molecular weight is 470 g/mol. The third-order valence-electron chi connectivity index (χ3n) is 5.62. The fourth-order valence-corrected chi connectivity index (χ4v) is 3.92. The van der Waals surface area contributed by atoms with Crippen LogP contribution in [-0.4, -0.2) is 44.3 Å². The van der Waals surface area contributed by atoms with Crippen LogP contribution in [0.2, 0.25) is 0 Å². The van der Waals surface area contributed by atoms with Crippen LogP contribution < -0.4 is 21.1 Å². The second-order valence-corrected chi connectivity index (χ2v) is 7.90. The van der Waals surface area contributed by atoms with Gasteiger partial charge in [-0.15, -0.1) is 0 Å². The molecule has 0 fully saturated rings. The van der Waals surface area contributed by atoms with Crippen molar-refractivity contribution in [3.8, 4) is 17.0 Å². The standard InChI is InChI=1S/C22H21F3N8O/c1-10-13(6-28-21-20(10)27-3-4-34-21)12-5-15-14(19(26)18(12)25)7-29-22(30-15)31-16-8-33(9-17(23)24)32-11(16)2/h5-8,17,27H,3-4,9,26H2,1-2H3,(H,29,30,31). The minimum atomic E-state index is -2.52. The number of nitrogens with two attached hydrogens (primary N) is 1. The SMILES string of the molecule is Cc1nn(CC(F)F)cc1Nc1ncc2c(N)c(F)c(-c3cnc4c(c3C)NCCO4)cc2n1. The molecule has 176 valence electrons. The Balaban J connectivity index is 1.55. The van der Waals surface area contributed by atoms with Gasteiger partial charge in [0.2, 0.25) is 11.8 Å². The lowest BCUT2D eigenvalue weighted by atomic mass is 9.98. The maximum absolute atomic E-state index is 15.3. The first kappa shape index (κ1) is 21.7. The molecule has 0 radical (unpaired) electrons. The predicted octanol–water partition coefficient (Wildman–Crippen LogP) is 4.04. The smallest absolute Gasteiger partial charge is 0.257 e. The zero-order valence-electron chi connectivity index (χ0n) is 18.4. The highest BCUT2D eigenvalue weighted by Crippen LogP contribution is 2.39. The molecule has 9 nitrogen and oxygen atoms in total. The number of fused-ring (bicyclic) bond motifs is 2. The molecule has 12 heteroatoms. The largest absolute Gasteiger partial charge is 0.474 e. The Kier molecular flexibility index (Phi) is 5.34. The van der Waals surface area contributed by atoms with Crippen molar-refractivity contribution >= 4 is 33.9 Å². The van der Waals surface area contributed by atoms with E-state index in [1.54, 1.807) is 19.2 Å². The van der Waals surface area contributed by atoms with E-state index < -0.39 is 18.8 Å². The number of halogens is 3. The van der Waals surface area contributed by atoms with Crippen molar-refractivity contribution in [2.75, 3.05) is 29.5 Å². The van der Waals surface area contributed by atoms with Gasteiger partial charge in [-0.25, -0.2) is 28.1 Å². The van der Waals surface area contributed by atoms with E-state index in [9.17, 15) is 8.78 Å². The van der Waals surface area contributed by atoms with Crippen molar-refractivity contribution in [3.63, 3.8) is 0 Å². The number of aromatic nitrogens is 5. The summed E-state index contributed by atoms with van der Waals surface area (Å²) in [4.78, 5) is 13.0. The summed E-state index contributed by atoms with van der Waals surface area (Å²) in [7, 11) is 0. The highest BCUT2D eigenvalue weighted by molar-refractivity contribution is 5.96. The zero-order chi connectivity index (χ0) is 24.0. The van der Waals surface area contributed by atoms with E-state index in [1.807, 2.05) is 6.92 Å². The molecular formula is C22H21F3N8O. The lowest BCUT2D eigenvalue weighted by molar-refractivity contribution is 0.121. The van der Waals surface area contributed by atoms with E-state index in [1.165, 1.54) is 12.4 Å². The van der Waals surface area contributed by atoms with Gasteiger partial charge in [0.25, 0.3) is 6.43 Å². The number of aryl methyl sites for hydroxylation is 1. The molecule has 1 aliphatic heterocycles. The van der Waals surface area contributed by atoms with Crippen molar-refractivity contribution in [1.82, 2.24) is 24.7 Å². The summed E-state index contributed by atoms with van der Waals surface area (Å²) in [6.45, 7) is 4.14. The average Bonchev–Trinajstić information content (AvgIpc) is 3.14. The molecule has 1 aromatic carbocycles. The molecule has 34 heavy (non-hydrogen) atoms. The van der Waals surface area contributed by atoms with Crippen LogP contribution in [0.3, 0.4) is 0 Å². The third-order valence-corrected chi connectivity index (χ3v) is 5.62. The summed E-state index contributed by atoms with van der Waals surface area (Å²) in [5.74, 6) is 0.0697. The normalized spacial score (nSPS) is 13.0. The summed E-state index contributed by atoms with van der Waals surface area (Å²) in [6, 6.07) is 1.58. The van der Waals surface area contributed by atoms with Gasteiger partial charge in [-0.2, -0.15) is 5.10 Å². The summed E-state index contributed by atoms with van der Waals surface area (Å²) in [5, 5.41) is 10.6. The molecule has 4 aromatic rings. The monoisotopic (exact) mass is 470 g/mol. The van der Waals surface area contributed by atoms with E-state index in [-0.39, 0.29) is 17.2 Å². The van der Waals surface area contributed by atoms with Gasteiger partial charge in [0, 0.05) is 41.6 Å². The van der Waals surface area contributed by atoms with Gasteiger partial charge in [-0.1, -0.05) is 0 Å². The van der Waals surface area contributed by atoms with Crippen LogP contribution in [0.4, 0.5) is 36.2 Å². The van der Waals surface area contributed by atoms with Crippen LogP contribution in [0.25, 0.3) is 22.0 Å². The highest BCUT2D eigenvalue weighted by atomic mass is 19.3. The van der Waals surface area contributed by atoms with Gasteiger partial charge >= 0.3 is 0 Å². The fraction of sp³-hybridized carbons (Fsp3) is 0.273. The molecule has 0 saturated carbocycles. The Bertz CT molecular complexity index is 1410. The van der Waals surface area contributed by atoms with E-state index in [0.717, 1.165) is 10.2 Å². The zero-order valence-corrected chi connectivity index (χ0v) is 18.4. The number of nitrogen functional groups attached to an aromatic ring is 1. The van der Waals surface area contributed by atoms with Crippen molar-refractivity contribution in [2.45, 2.75) is 26.8 Å². The topological polar surface area (TPSA) is 116 Å². The molecule has 3 aromatic heterocycles. The predicted molar refractivity (Wildman–Crippen MR) is 122 cm³/mol. The minimum absolute atomic E-state index is 0.0821. The molecule has 0 unspecified atom stereocenters. The summed E-state index contributed by atoms with van der Waals surface area (Å²) < 4.78 is 47.3. The molecular weight excluding hydrogens is 449 g/mol. The van der Waals surface area contributed by atoms with Gasteiger partial charge in [0.15, 0.2) is 5.82 Å². The van der Waals surface area contributed by atoms with Crippen molar-refractivity contribution in [3.05, 3.63) is 41.7 Å². The van der Waals surface area contributed by atoms with Crippen LogP contribution in [0.15, 0.2) is 24.7 Å². The van der Waals surface area contributed by atoms with Gasteiger partial charge < -0.3 is 21.1 Å². The fourth-order valence-electron chi connectivity index (χ4n) is 3.92. The van der Waals surface area contributed by atoms with E-state index in [2.05, 4.69) is 30.7 Å². The van der Waals surface area contributed by atoms with E-state index in [4.69, 9.17) is 10.5 Å². The van der Waals surface area contributed by atoms with E-state index >= 15 is 4.39 Å². The number of alkyl halides is 2. The lowest BCUT2D eigenvalue weighted by Gasteiger charge is -2.22. The number of anilines is 4. The molecule has 5 rings (SSSR count). The minimum Gasteiger partial charge on any atom is -0.474 e. The number of hydrogen-bond acceptors (Lipinski definition) is 8. The van der Waals surface area contributed by atoms with Crippen LogP contribution in [0.1, 0.15) is 11.3 Å². The molecule has 0 saturated heterocycles. The van der Waals surface area contributed by atoms with Gasteiger partial charge in [-0.05, 0) is 25.5 Å². The highest BCUT2D eigenvalue weighted by Gasteiger charge is 2.21. The quantitative estimate of drug-likeness (QED) is 0.375. The van der Waals surface area contributed by atoms with Gasteiger partial charge in [0.05, 0.1) is 22.6 Å². The molecule has 0 aliphatic carbocycles. The Morgan fingerprint density at radius 1 is 1.24 bits per heavy atom. The maximum Gasteiger partial charge on any atom is 0.257 e. The summed E-state index contributed by atoms with van der Waals surface area (Å²) in [5.41, 5.74) is 9.70. The third kappa shape index (κ3) is 3.80. The van der Waals surface area contributed by atoms with Crippen molar-refractivity contribution < 1.29 is 17.9 Å². The number of benzene rings is 1. The number of nitrogens with zero attached hydrogens (tertiary/aromatic N) is 5. The van der Waals surface area contributed by atoms with Crippen LogP contribution in [-0.2, 0) is 6.54 Å². The molecule has 0 bridgehead atoms. The van der Waals surface area contributed by atoms with Crippen LogP contribution >= 0.6 is 0 Å². The number of nitrogens with one attached hydrogen (secondary N) is 2. The van der Waals surface area contributed by atoms with Gasteiger partial charge in [-0.3, -0.25) is 4.68 Å². The van der Waals surface area contributed by atoms with Crippen LogP contribution in [0.5, 0.6) is 5.88 Å². The van der Waals surface area contributed by atoms with Crippen molar-refractivity contribution in [1.29, 1.82) is 0 Å². The molecule has 0 amide bonds. The Morgan fingerprint density at radius 3 is 2.85 bits per heavy atom. The molecule has 4 N–H and O–H groups in total. The number of hydrogen-bond donors (Lipinski definition) is 3. The Morgan fingerprint density at radius 2 is 2.06 bits per heavy atom. The maximum atomic E-state index is 15.3. The summed E-state index contributed by atoms with van der Waals surface area (Å²) >= 11 is 0. The molecule has 1 aliphatic rings. The second kappa shape index (κ2) is 8.36. The first-order valence-corrected chi connectivity index (χ1v) is 10.5. The number of ether oxygens (including phenoxy) is 1. The number of pyridine rings is 1. The number of rotatable bonds is 5. The van der Waals surface area contributed by atoms with Crippen molar-refractivity contribution in [2.24, 2.45) is 0 Å². The molecule has 0 atom stereocenters. The van der Waals surface area contributed by atoms with E-state index in [0.29, 0.717) is 52.6 Å². The molecule has 4 heterocycles. The van der Waals surface area contributed by atoms with Gasteiger partial charge in [0.1, 0.15) is 18.8 Å². The first-order valence-electron chi connectivity index (χ1n) is 10.5. The lowest BCUT2D eigenvalue weighted by Crippen LogP contribution is -2.20. The van der Waals surface area contributed by atoms with Crippen LogP contribution in [0, 0.1) is 19.7 Å². The molecule has 0 spiro atoms. The Labute approximate surface area is 192 Å². The second-order valence-electron chi connectivity index (χ2n) is 7.90. The first-order chi connectivity index (χ1) is 16.3. The Hall–Kier alpha value is -4.09. The summed E-state index contributed by atoms with van der Waals surface area (Å²) in [6.07, 6.45) is 1.89.